The van der Waals surface area contributed by atoms with Gasteiger partial charge in [-0.05, 0) is 38.8 Å². The molecule has 1 aromatic rings. The van der Waals surface area contributed by atoms with Gasteiger partial charge in [0.05, 0.1) is 6.10 Å². The van der Waals surface area contributed by atoms with Gasteiger partial charge in [0.2, 0.25) is 0 Å². The van der Waals surface area contributed by atoms with Gasteiger partial charge in [-0.2, -0.15) is 0 Å². The summed E-state index contributed by atoms with van der Waals surface area (Å²) in [5, 5.41) is 0. The molecule has 0 saturated heterocycles. The first-order valence-electron chi connectivity index (χ1n) is 5.57. The van der Waals surface area contributed by atoms with E-state index in [-0.39, 0.29) is 12.1 Å². The van der Waals surface area contributed by atoms with E-state index >= 15 is 0 Å². The molecule has 0 radical (unpaired) electrons. The highest BCUT2D eigenvalue weighted by Crippen LogP contribution is 2.26. The summed E-state index contributed by atoms with van der Waals surface area (Å²) in [5.41, 5.74) is 8.19. The number of ether oxygens (including phenoxy) is 1. The minimum Gasteiger partial charge on any atom is -0.490 e. The van der Waals surface area contributed by atoms with E-state index in [1.807, 2.05) is 6.92 Å². The molecule has 1 rings (SSSR count). The summed E-state index contributed by atoms with van der Waals surface area (Å²) in [4.78, 5) is 0. The molecule has 0 aromatic heterocycles. The Labute approximate surface area is 92.4 Å². The third-order valence-corrected chi connectivity index (χ3v) is 2.56. The Bertz CT molecular complexity index is 320. The van der Waals surface area contributed by atoms with E-state index in [0.717, 1.165) is 17.7 Å². The molecular formula is C13H21NO. The van der Waals surface area contributed by atoms with Crippen LogP contribution in [0.2, 0.25) is 0 Å². The molecule has 2 atom stereocenters. The molecule has 15 heavy (non-hydrogen) atoms. The molecule has 0 heterocycles. The summed E-state index contributed by atoms with van der Waals surface area (Å²) in [5.74, 6) is 0.930. The van der Waals surface area contributed by atoms with E-state index in [1.165, 1.54) is 5.56 Å². The van der Waals surface area contributed by atoms with Crippen LogP contribution in [-0.2, 0) is 0 Å². The normalized spacial score (nSPS) is 14.7. The largest absolute Gasteiger partial charge is 0.490 e. The zero-order valence-corrected chi connectivity index (χ0v) is 10.1. The lowest BCUT2D eigenvalue weighted by Crippen LogP contribution is -2.14. The Morgan fingerprint density at radius 1 is 1.33 bits per heavy atom. The molecule has 84 valence electrons. The molecule has 2 N–H and O–H groups in total. The maximum Gasteiger partial charge on any atom is 0.124 e. The van der Waals surface area contributed by atoms with Crippen LogP contribution in [0, 0.1) is 6.92 Å². The summed E-state index contributed by atoms with van der Waals surface area (Å²) in [6.07, 6.45) is 1.25. The van der Waals surface area contributed by atoms with Crippen LogP contribution in [0.15, 0.2) is 18.2 Å². The molecule has 1 aromatic carbocycles. The van der Waals surface area contributed by atoms with Gasteiger partial charge in [0, 0.05) is 11.6 Å². The van der Waals surface area contributed by atoms with Crippen LogP contribution in [0.25, 0.3) is 0 Å². The third kappa shape index (κ3) is 3.24. The van der Waals surface area contributed by atoms with Gasteiger partial charge in [0.1, 0.15) is 5.75 Å². The highest BCUT2D eigenvalue weighted by atomic mass is 16.5. The summed E-state index contributed by atoms with van der Waals surface area (Å²) in [7, 11) is 0. The summed E-state index contributed by atoms with van der Waals surface area (Å²) in [6, 6.07) is 6.20. The molecule has 2 nitrogen and oxygen atoms in total. The first-order valence-corrected chi connectivity index (χ1v) is 5.57. The van der Waals surface area contributed by atoms with E-state index < -0.39 is 0 Å². The van der Waals surface area contributed by atoms with Crippen molar-refractivity contribution in [3.05, 3.63) is 29.3 Å². The van der Waals surface area contributed by atoms with Crippen molar-refractivity contribution >= 4 is 0 Å². The maximum atomic E-state index is 5.90. The standard InChI is InChI=1S/C13H21NO/c1-5-10(3)15-13-8-9(2)6-7-12(13)11(4)14/h6-8,10-11H,5,14H2,1-4H3. The number of hydrogen-bond donors (Lipinski definition) is 1. The highest BCUT2D eigenvalue weighted by Gasteiger charge is 2.10. The van der Waals surface area contributed by atoms with Crippen LogP contribution in [0.1, 0.15) is 44.4 Å². The van der Waals surface area contributed by atoms with Gasteiger partial charge < -0.3 is 10.5 Å². The van der Waals surface area contributed by atoms with E-state index in [1.54, 1.807) is 0 Å². The second-order valence-electron chi connectivity index (χ2n) is 4.17. The van der Waals surface area contributed by atoms with Crippen molar-refractivity contribution in [3.8, 4) is 5.75 Å². The number of nitrogens with two attached hydrogens (primary N) is 1. The van der Waals surface area contributed by atoms with Crippen molar-refractivity contribution in [1.29, 1.82) is 0 Å². The van der Waals surface area contributed by atoms with Gasteiger partial charge in [-0.25, -0.2) is 0 Å². The predicted molar refractivity (Wildman–Crippen MR) is 64.2 cm³/mol. The molecule has 0 aliphatic heterocycles. The Kier molecular flexibility index (Phi) is 4.15. The Hall–Kier alpha value is -1.02. The Balaban J connectivity index is 2.96. The summed E-state index contributed by atoms with van der Waals surface area (Å²) in [6.45, 7) is 8.24. The molecule has 2 heteroatoms. The number of aryl methyl sites for hydroxylation is 1. The lowest BCUT2D eigenvalue weighted by Gasteiger charge is -2.18. The van der Waals surface area contributed by atoms with Gasteiger partial charge in [0.15, 0.2) is 0 Å². The van der Waals surface area contributed by atoms with Crippen LogP contribution in [0.3, 0.4) is 0 Å². The minimum atomic E-state index is 0.0182. The van der Waals surface area contributed by atoms with Crippen molar-refractivity contribution in [2.45, 2.75) is 46.3 Å². The van der Waals surface area contributed by atoms with Crippen LogP contribution in [-0.4, -0.2) is 6.10 Å². The number of benzene rings is 1. The van der Waals surface area contributed by atoms with Crippen molar-refractivity contribution < 1.29 is 4.74 Å². The van der Waals surface area contributed by atoms with Crippen molar-refractivity contribution in [1.82, 2.24) is 0 Å². The zero-order valence-electron chi connectivity index (χ0n) is 10.1. The second kappa shape index (κ2) is 5.17. The molecule has 0 aliphatic carbocycles. The Morgan fingerprint density at radius 3 is 2.53 bits per heavy atom. The molecule has 0 amide bonds. The van der Waals surface area contributed by atoms with Gasteiger partial charge in [-0.1, -0.05) is 19.1 Å². The fraction of sp³-hybridized carbons (Fsp3) is 0.538. The summed E-state index contributed by atoms with van der Waals surface area (Å²) >= 11 is 0. The van der Waals surface area contributed by atoms with Crippen molar-refractivity contribution in [2.24, 2.45) is 5.73 Å². The van der Waals surface area contributed by atoms with Crippen LogP contribution in [0.4, 0.5) is 0 Å². The average molecular weight is 207 g/mol. The molecule has 0 spiro atoms. The van der Waals surface area contributed by atoms with Gasteiger partial charge in [-0.15, -0.1) is 0 Å². The van der Waals surface area contributed by atoms with E-state index in [4.69, 9.17) is 10.5 Å². The SMILES string of the molecule is CCC(C)Oc1cc(C)ccc1C(C)N. The first-order chi connectivity index (χ1) is 7.04. The van der Waals surface area contributed by atoms with Gasteiger partial charge in [0.25, 0.3) is 0 Å². The van der Waals surface area contributed by atoms with Gasteiger partial charge in [-0.3, -0.25) is 0 Å². The van der Waals surface area contributed by atoms with Crippen LogP contribution < -0.4 is 10.5 Å². The van der Waals surface area contributed by atoms with E-state index in [2.05, 4.69) is 39.0 Å². The fourth-order valence-electron chi connectivity index (χ4n) is 1.42. The third-order valence-electron chi connectivity index (χ3n) is 2.56. The fourth-order valence-corrected chi connectivity index (χ4v) is 1.42. The molecule has 2 unspecified atom stereocenters. The van der Waals surface area contributed by atoms with Crippen LogP contribution >= 0.6 is 0 Å². The highest BCUT2D eigenvalue weighted by molar-refractivity contribution is 5.39. The smallest absolute Gasteiger partial charge is 0.124 e. The molecule has 0 aliphatic rings. The maximum absolute atomic E-state index is 5.90. The quantitative estimate of drug-likeness (QED) is 0.823. The lowest BCUT2D eigenvalue weighted by atomic mass is 10.1. The minimum absolute atomic E-state index is 0.0182. The van der Waals surface area contributed by atoms with E-state index in [9.17, 15) is 0 Å². The van der Waals surface area contributed by atoms with Crippen LogP contribution in [0.5, 0.6) is 5.75 Å². The van der Waals surface area contributed by atoms with E-state index in [0.29, 0.717) is 0 Å². The molecule has 0 bridgehead atoms. The monoisotopic (exact) mass is 207 g/mol. The summed E-state index contributed by atoms with van der Waals surface area (Å²) < 4.78 is 5.86. The molecule has 0 fully saturated rings. The first kappa shape index (κ1) is 12.1. The zero-order chi connectivity index (χ0) is 11.4. The second-order valence-corrected chi connectivity index (χ2v) is 4.17. The van der Waals surface area contributed by atoms with Crippen molar-refractivity contribution in [3.63, 3.8) is 0 Å². The Morgan fingerprint density at radius 2 is 2.00 bits per heavy atom. The number of hydrogen-bond acceptors (Lipinski definition) is 2. The lowest BCUT2D eigenvalue weighted by molar-refractivity contribution is 0.214. The molecule has 0 saturated carbocycles. The predicted octanol–water partition coefficient (Wildman–Crippen LogP) is 3.19. The molecular weight excluding hydrogens is 186 g/mol. The van der Waals surface area contributed by atoms with Crippen molar-refractivity contribution in [2.75, 3.05) is 0 Å². The van der Waals surface area contributed by atoms with Gasteiger partial charge >= 0.3 is 0 Å². The average Bonchev–Trinajstić information content (AvgIpc) is 2.17. The topological polar surface area (TPSA) is 35.2 Å². The number of rotatable bonds is 4.